The first-order valence-electron chi connectivity index (χ1n) is 4.81. The predicted octanol–water partition coefficient (Wildman–Crippen LogP) is 1.97. The SMILES string of the molecule is CC(C#N)CN(C)C(=O)c1ccc(Cl)cn1. The number of nitrogens with zero attached hydrogens (tertiary/aromatic N) is 3. The van der Waals surface area contributed by atoms with E-state index in [0.29, 0.717) is 17.3 Å². The lowest BCUT2D eigenvalue weighted by Gasteiger charge is -2.17. The topological polar surface area (TPSA) is 57.0 Å². The highest BCUT2D eigenvalue weighted by molar-refractivity contribution is 6.30. The molecule has 0 fully saturated rings. The van der Waals surface area contributed by atoms with Crippen molar-refractivity contribution in [2.24, 2.45) is 5.92 Å². The van der Waals surface area contributed by atoms with Crippen molar-refractivity contribution < 1.29 is 4.79 Å². The zero-order valence-electron chi connectivity index (χ0n) is 9.14. The smallest absolute Gasteiger partial charge is 0.272 e. The van der Waals surface area contributed by atoms with Crippen LogP contribution in [-0.4, -0.2) is 29.4 Å². The van der Waals surface area contributed by atoms with Gasteiger partial charge in [0.15, 0.2) is 0 Å². The first-order chi connectivity index (χ1) is 7.54. The molecule has 84 valence electrons. The molecule has 0 N–H and O–H groups in total. The third kappa shape index (κ3) is 3.21. The number of pyridine rings is 1. The van der Waals surface area contributed by atoms with Crippen LogP contribution >= 0.6 is 11.6 Å². The number of aromatic nitrogens is 1. The molecular formula is C11H12ClN3O. The van der Waals surface area contributed by atoms with Crippen LogP contribution in [0.3, 0.4) is 0 Å². The van der Waals surface area contributed by atoms with Gasteiger partial charge in [-0.15, -0.1) is 0 Å². The van der Waals surface area contributed by atoms with Gasteiger partial charge in [-0.05, 0) is 19.1 Å². The minimum atomic E-state index is -0.209. The van der Waals surface area contributed by atoms with Crippen LogP contribution in [0, 0.1) is 17.2 Å². The average Bonchev–Trinajstić information content (AvgIpc) is 2.28. The Bertz CT molecular complexity index is 410. The summed E-state index contributed by atoms with van der Waals surface area (Å²) in [5.74, 6) is -0.403. The van der Waals surface area contributed by atoms with Crippen molar-refractivity contribution in [3.8, 4) is 6.07 Å². The molecule has 0 aliphatic rings. The zero-order chi connectivity index (χ0) is 12.1. The number of hydrogen-bond donors (Lipinski definition) is 0. The highest BCUT2D eigenvalue weighted by Gasteiger charge is 2.14. The van der Waals surface area contributed by atoms with E-state index in [9.17, 15) is 4.79 Å². The predicted molar refractivity (Wildman–Crippen MR) is 61.0 cm³/mol. The molecule has 0 aromatic carbocycles. The second-order valence-electron chi connectivity index (χ2n) is 3.58. The third-order valence-electron chi connectivity index (χ3n) is 2.06. The molecule has 1 unspecified atom stereocenters. The van der Waals surface area contributed by atoms with E-state index < -0.39 is 0 Å². The maximum absolute atomic E-state index is 11.8. The molecule has 1 aromatic heterocycles. The molecule has 0 radical (unpaired) electrons. The van der Waals surface area contributed by atoms with E-state index in [1.54, 1.807) is 26.1 Å². The van der Waals surface area contributed by atoms with Gasteiger partial charge >= 0.3 is 0 Å². The number of nitriles is 1. The van der Waals surface area contributed by atoms with Crippen LogP contribution in [0.4, 0.5) is 0 Å². The first kappa shape index (κ1) is 12.5. The zero-order valence-corrected chi connectivity index (χ0v) is 9.90. The molecule has 1 aromatic rings. The van der Waals surface area contributed by atoms with Crippen molar-refractivity contribution in [1.29, 1.82) is 5.26 Å². The Labute approximate surface area is 99.5 Å². The fourth-order valence-electron chi connectivity index (χ4n) is 1.23. The molecule has 0 saturated heterocycles. The van der Waals surface area contributed by atoms with Gasteiger partial charge in [0, 0.05) is 19.8 Å². The van der Waals surface area contributed by atoms with Crippen LogP contribution in [0.1, 0.15) is 17.4 Å². The summed E-state index contributed by atoms with van der Waals surface area (Å²) in [6.45, 7) is 2.15. The number of amides is 1. The van der Waals surface area contributed by atoms with Gasteiger partial charge in [-0.3, -0.25) is 4.79 Å². The first-order valence-corrected chi connectivity index (χ1v) is 5.19. The van der Waals surface area contributed by atoms with Gasteiger partial charge in [-0.1, -0.05) is 11.6 Å². The lowest BCUT2D eigenvalue weighted by atomic mass is 10.2. The number of carbonyl (C=O) groups is 1. The van der Waals surface area contributed by atoms with Gasteiger partial charge in [0.05, 0.1) is 17.0 Å². The Hall–Kier alpha value is -1.60. The van der Waals surface area contributed by atoms with E-state index in [0.717, 1.165) is 0 Å². The number of hydrogen-bond acceptors (Lipinski definition) is 3. The largest absolute Gasteiger partial charge is 0.339 e. The molecule has 16 heavy (non-hydrogen) atoms. The Morgan fingerprint density at radius 1 is 1.69 bits per heavy atom. The molecular weight excluding hydrogens is 226 g/mol. The summed E-state index contributed by atoms with van der Waals surface area (Å²) < 4.78 is 0. The molecule has 0 aliphatic heterocycles. The van der Waals surface area contributed by atoms with Crippen molar-refractivity contribution >= 4 is 17.5 Å². The number of halogens is 1. The highest BCUT2D eigenvalue weighted by atomic mass is 35.5. The molecule has 0 saturated carbocycles. The monoisotopic (exact) mass is 237 g/mol. The molecule has 0 bridgehead atoms. The summed E-state index contributed by atoms with van der Waals surface area (Å²) in [7, 11) is 1.65. The summed E-state index contributed by atoms with van der Waals surface area (Å²) in [5, 5.41) is 9.14. The van der Waals surface area contributed by atoms with Crippen molar-refractivity contribution in [3.05, 3.63) is 29.0 Å². The molecule has 0 aliphatic carbocycles. The maximum Gasteiger partial charge on any atom is 0.272 e. The number of carbonyl (C=O) groups excluding carboxylic acids is 1. The summed E-state index contributed by atoms with van der Waals surface area (Å²) in [4.78, 5) is 17.2. The molecule has 4 nitrogen and oxygen atoms in total. The van der Waals surface area contributed by atoms with Gasteiger partial charge in [0.25, 0.3) is 5.91 Å². The Kier molecular flexibility index (Phi) is 4.27. The molecule has 1 atom stereocenters. The van der Waals surface area contributed by atoms with Crippen molar-refractivity contribution in [3.63, 3.8) is 0 Å². The van der Waals surface area contributed by atoms with E-state index in [2.05, 4.69) is 11.1 Å². The molecule has 0 spiro atoms. The molecule has 1 heterocycles. The summed E-state index contributed by atoms with van der Waals surface area (Å²) >= 11 is 5.67. The molecule has 1 amide bonds. The summed E-state index contributed by atoms with van der Waals surface area (Å²) in [5.41, 5.74) is 0.331. The lowest BCUT2D eigenvalue weighted by molar-refractivity contribution is 0.0779. The van der Waals surface area contributed by atoms with Crippen molar-refractivity contribution in [2.45, 2.75) is 6.92 Å². The minimum Gasteiger partial charge on any atom is -0.339 e. The van der Waals surface area contributed by atoms with Gasteiger partial charge in [0.1, 0.15) is 5.69 Å². The van der Waals surface area contributed by atoms with E-state index >= 15 is 0 Å². The van der Waals surface area contributed by atoms with Gasteiger partial charge < -0.3 is 4.90 Å². The van der Waals surface area contributed by atoms with Gasteiger partial charge in [0.2, 0.25) is 0 Å². The Morgan fingerprint density at radius 2 is 2.38 bits per heavy atom. The van der Waals surface area contributed by atoms with Crippen molar-refractivity contribution in [1.82, 2.24) is 9.88 Å². The molecule has 1 rings (SSSR count). The fraction of sp³-hybridized carbons (Fsp3) is 0.364. The van der Waals surface area contributed by atoms with E-state index in [1.807, 2.05) is 0 Å². The Morgan fingerprint density at radius 3 is 2.88 bits per heavy atom. The average molecular weight is 238 g/mol. The highest BCUT2D eigenvalue weighted by Crippen LogP contribution is 2.08. The normalized spacial score (nSPS) is 11.6. The number of rotatable bonds is 3. The quantitative estimate of drug-likeness (QED) is 0.808. The standard InChI is InChI=1S/C11H12ClN3O/c1-8(5-13)7-15(2)11(16)10-4-3-9(12)6-14-10/h3-4,6,8H,7H2,1-2H3. The van der Waals surface area contributed by atoms with Gasteiger partial charge in [-0.2, -0.15) is 5.26 Å². The van der Waals surface area contributed by atoms with Crippen LogP contribution < -0.4 is 0 Å². The second-order valence-corrected chi connectivity index (χ2v) is 4.01. The summed E-state index contributed by atoms with van der Waals surface area (Å²) in [6, 6.07) is 5.26. The Balaban J connectivity index is 2.71. The van der Waals surface area contributed by atoms with Crippen LogP contribution in [0.2, 0.25) is 5.02 Å². The van der Waals surface area contributed by atoms with Crippen LogP contribution in [0.5, 0.6) is 0 Å². The van der Waals surface area contributed by atoms with Crippen LogP contribution in [0.25, 0.3) is 0 Å². The second kappa shape index (κ2) is 5.47. The minimum absolute atomic E-state index is 0.193. The van der Waals surface area contributed by atoms with Crippen LogP contribution in [-0.2, 0) is 0 Å². The molecule has 5 heteroatoms. The van der Waals surface area contributed by atoms with E-state index in [-0.39, 0.29) is 11.8 Å². The third-order valence-corrected chi connectivity index (χ3v) is 2.28. The van der Waals surface area contributed by atoms with E-state index in [1.165, 1.54) is 11.1 Å². The maximum atomic E-state index is 11.8. The lowest BCUT2D eigenvalue weighted by Crippen LogP contribution is -2.31. The van der Waals surface area contributed by atoms with Gasteiger partial charge in [-0.25, -0.2) is 4.98 Å². The van der Waals surface area contributed by atoms with Crippen molar-refractivity contribution in [2.75, 3.05) is 13.6 Å². The van der Waals surface area contributed by atoms with E-state index in [4.69, 9.17) is 16.9 Å². The fourth-order valence-corrected chi connectivity index (χ4v) is 1.34. The summed E-state index contributed by atoms with van der Waals surface area (Å²) in [6.07, 6.45) is 1.43. The van der Waals surface area contributed by atoms with Crippen LogP contribution in [0.15, 0.2) is 18.3 Å².